The third kappa shape index (κ3) is 3.94. The molecule has 3 rings (SSSR count). The summed E-state index contributed by atoms with van der Waals surface area (Å²) in [6, 6.07) is 5.62. The van der Waals surface area contributed by atoms with Crippen LogP contribution in [0.1, 0.15) is 55.1 Å². The Bertz CT molecular complexity index is 882. The molecule has 26 heavy (non-hydrogen) atoms. The van der Waals surface area contributed by atoms with Crippen molar-refractivity contribution in [3.05, 3.63) is 50.9 Å². The summed E-state index contributed by atoms with van der Waals surface area (Å²) >= 11 is 6.77. The minimum Gasteiger partial charge on any atom is -0.365 e. The lowest BCUT2D eigenvalue weighted by molar-refractivity contribution is 0.0975. The third-order valence-electron chi connectivity index (χ3n) is 4.36. The lowest BCUT2D eigenvalue weighted by atomic mass is 9.95. The summed E-state index contributed by atoms with van der Waals surface area (Å²) < 4.78 is 0. The second-order valence-electron chi connectivity index (χ2n) is 6.56. The van der Waals surface area contributed by atoms with Gasteiger partial charge < -0.3 is 11.1 Å². The summed E-state index contributed by atoms with van der Waals surface area (Å²) in [6.07, 6.45) is 3.97. The topological polar surface area (TPSA) is 84.2 Å². The van der Waals surface area contributed by atoms with Crippen molar-refractivity contribution in [3.8, 4) is 0 Å². The maximum absolute atomic E-state index is 12.4. The van der Waals surface area contributed by atoms with Gasteiger partial charge in [-0.05, 0) is 69.4 Å². The van der Waals surface area contributed by atoms with Crippen LogP contribution in [-0.2, 0) is 12.8 Å². The molecule has 4 N–H and O–H groups in total. The lowest BCUT2D eigenvalue weighted by Crippen LogP contribution is -2.34. The highest BCUT2D eigenvalue weighted by Gasteiger charge is 2.24. The van der Waals surface area contributed by atoms with Crippen molar-refractivity contribution < 1.29 is 9.59 Å². The number of aryl methyl sites for hydroxylation is 3. The Kier molecular flexibility index (Phi) is 5.38. The number of benzene rings is 1. The Morgan fingerprint density at radius 2 is 1.77 bits per heavy atom. The van der Waals surface area contributed by atoms with Gasteiger partial charge >= 0.3 is 0 Å². The van der Waals surface area contributed by atoms with Crippen LogP contribution in [0, 0.1) is 13.8 Å². The summed E-state index contributed by atoms with van der Waals surface area (Å²) in [5.41, 5.74) is 9.68. The van der Waals surface area contributed by atoms with Gasteiger partial charge in [0, 0.05) is 10.4 Å². The number of fused-ring (bicyclic) bond motifs is 1. The standard InChI is InChI=1S/C19H21N3O2S2/c1-10-7-11(2)9-12(8-10)17(24)21-19(25)22-18-15(16(20)23)13-5-3-4-6-14(13)26-18/h7-9H,3-6H2,1-2H3,(H2,20,23)(H2,21,22,24,25). The number of anilines is 1. The molecule has 5 nitrogen and oxygen atoms in total. The predicted octanol–water partition coefficient (Wildman–Crippen LogP) is 3.47. The van der Waals surface area contributed by atoms with Crippen LogP contribution in [0.3, 0.4) is 0 Å². The molecule has 1 aliphatic carbocycles. The third-order valence-corrected chi connectivity index (χ3v) is 5.77. The Balaban J connectivity index is 1.77. The number of primary amides is 1. The number of hydrogen-bond donors (Lipinski definition) is 3. The van der Waals surface area contributed by atoms with Crippen LogP contribution in [-0.4, -0.2) is 16.9 Å². The molecule has 2 aromatic rings. The fourth-order valence-electron chi connectivity index (χ4n) is 3.33. The van der Waals surface area contributed by atoms with Crippen LogP contribution >= 0.6 is 23.6 Å². The zero-order valence-electron chi connectivity index (χ0n) is 14.8. The largest absolute Gasteiger partial charge is 0.365 e. The Hall–Kier alpha value is -2.25. The van der Waals surface area contributed by atoms with Crippen LogP contribution in [0.4, 0.5) is 5.00 Å². The molecule has 0 bridgehead atoms. The van der Waals surface area contributed by atoms with Gasteiger partial charge in [0.2, 0.25) is 0 Å². The Morgan fingerprint density at radius 3 is 2.42 bits per heavy atom. The Morgan fingerprint density at radius 1 is 1.12 bits per heavy atom. The molecular formula is C19H21N3O2S2. The number of rotatable bonds is 3. The zero-order chi connectivity index (χ0) is 18.8. The fourth-order valence-corrected chi connectivity index (χ4v) is 4.89. The summed E-state index contributed by atoms with van der Waals surface area (Å²) in [6.45, 7) is 3.88. The molecule has 2 amide bonds. The minimum atomic E-state index is -0.463. The maximum atomic E-state index is 12.4. The first-order chi connectivity index (χ1) is 12.3. The van der Waals surface area contributed by atoms with Gasteiger partial charge in [0.15, 0.2) is 5.11 Å². The van der Waals surface area contributed by atoms with Gasteiger partial charge in [-0.25, -0.2) is 0 Å². The van der Waals surface area contributed by atoms with E-state index in [1.165, 1.54) is 16.2 Å². The molecule has 1 aromatic carbocycles. The smallest absolute Gasteiger partial charge is 0.257 e. The molecule has 0 unspecified atom stereocenters. The number of hydrogen-bond acceptors (Lipinski definition) is 4. The van der Waals surface area contributed by atoms with E-state index in [4.69, 9.17) is 18.0 Å². The van der Waals surface area contributed by atoms with E-state index < -0.39 is 5.91 Å². The molecule has 0 saturated carbocycles. The zero-order valence-corrected chi connectivity index (χ0v) is 16.4. The van der Waals surface area contributed by atoms with E-state index in [1.54, 1.807) is 0 Å². The van der Waals surface area contributed by atoms with Crippen LogP contribution < -0.4 is 16.4 Å². The molecule has 1 aliphatic rings. The summed E-state index contributed by atoms with van der Waals surface area (Å²) in [4.78, 5) is 25.5. The molecule has 0 aliphatic heterocycles. The predicted molar refractivity (Wildman–Crippen MR) is 109 cm³/mol. The van der Waals surface area contributed by atoms with E-state index in [1.807, 2.05) is 32.0 Å². The molecule has 0 fully saturated rings. The Labute approximate surface area is 162 Å². The molecule has 1 aromatic heterocycles. The number of carbonyl (C=O) groups is 2. The molecule has 0 radical (unpaired) electrons. The summed E-state index contributed by atoms with van der Waals surface area (Å²) in [7, 11) is 0. The summed E-state index contributed by atoms with van der Waals surface area (Å²) in [5.74, 6) is -0.744. The highest BCUT2D eigenvalue weighted by molar-refractivity contribution is 7.80. The highest BCUT2D eigenvalue weighted by Crippen LogP contribution is 2.37. The second-order valence-corrected chi connectivity index (χ2v) is 8.08. The quantitative estimate of drug-likeness (QED) is 0.704. The van der Waals surface area contributed by atoms with Crippen molar-refractivity contribution in [2.75, 3.05) is 5.32 Å². The first-order valence-electron chi connectivity index (χ1n) is 8.50. The van der Waals surface area contributed by atoms with Gasteiger partial charge in [-0.1, -0.05) is 17.2 Å². The van der Waals surface area contributed by atoms with E-state index in [2.05, 4.69) is 10.6 Å². The van der Waals surface area contributed by atoms with Gasteiger partial charge in [-0.15, -0.1) is 11.3 Å². The minimum absolute atomic E-state index is 0.162. The van der Waals surface area contributed by atoms with Gasteiger partial charge in [-0.3, -0.25) is 14.9 Å². The van der Waals surface area contributed by atoms with E-state index in [-0.39, 0.29) is 11.0 Å². The van der Waals surface area contributed by atoms with E-state index in [0.29, 0.717) is 16.1 Å². The molecule has 136 valence electrons. The number of nitrogens with two attached hydrogens (primary N) is 1. The van der Waals surface area contributed by atoms with Crippen LogP contribution in [0.2, 0.25) is 0 Å². The number of thiocarbonyl (C=S) groups is 1. The molecule has 0 spiro atoms. The average molecular weight is 388 g/mol. The van der Waals surface area contributed by atoms with Crippen LogP contribution in [0.5, 0.6) is 0 Å². The fraction of sp³-hybridized carbons (Fsp3) is 0.316. The highest BCUT2D eigenvalue weighted by atomic mass is 32.1. The van der Waals surface area contributed by atoms with Crippen molar-refractivity contribution in [1.29, 1.82) is 0 Å². The monoisotopic (exact) mass is 387 g/mol. The molecule has 1 heterocycles. The van der Waals surface area contributed by atoms with Crippen molar-refractivity contribution >= 4 is 45.5 Å². The number of amides is 2. The molecule has 0 atom stereocenters. The number of thiophene rings is 1. The van der Waals surface area contributed by atoms with Crippen molar-refractivity contribution in [3.63, 3.8) is 0 Å². The van der Waals surface area contributed by atoms with Crippen molar-refractivity contribution in [2.45, 2.75) is 39.5 Å². The maximum Gasteiger partial charge on any atom is 0.257 e. The van der Waals surface area contributed by atoms with Gasteiger partial charge in [0.1, 0.15) is 5.00 Å². The van der Waals surface area contributed by atoms with Crippen molar-refractivity contribution in [1.82, 2.24) is 5.32 Å². The van der Waals surface area contributed by atoms with Crippen LogP contribution in [0.15, 0.2) is 18.2 Å². The molecule has 7 heteroatoms. The van der Waals surface area contributed by atoms with E-state index in [0.717, 1.165) is 42.4 Å². The first-order valence-corrected chi connectivity index (χ1v) is 9.72. The van der Waals surface area contributed by atoms with Gasteiger partial charge in [0.25, 0.3) is 11.8 Å². The van der Waals surface area contributed by atoms with Gasteiger partial charge in [-0.2, -0.15) is 0 Å². The van der Waals surface area contributed by atoms with Gasteiger partial charge in [0.05, 0.1) is 5.56 Å². The SMILES string of the molecule is Cc1cc(C)cc(C(=O)NC(=S)Nc2sc3c(c2C(N)=O)CCCC3)c1. The molecule has 0 saturated heterocycles. The van der Waals surface area contributed by atoms with E-state index in [9.17, 15) is 9.59 Å². The molecular weight excluding hydrogens is 366 g/mol. The number of nitrogens with one attached hydrogen (secondary N) is 2. The van der Waals surface area contributed by atoms with E-state index >= 15 is 0 Å². The second kappa shape index (κ2) is 7.55. The summed E-state index contributed by atoms with van der Waals surface area (Å²) in [5, 5.41) is 6.46. The average Bonchev–Trinajstić information content (AvgIpc) is 2.91. The van der Waals surface area contributed by atoms with Crippen molar-refractivity contribution in [2.24, 2.45) is 5.73 Å². The number of carbonyl (C=O) groups excluding carboxylic acids is 2. The first kappa shape index (κ1) is 18.5. The normalized spacial score (nSPS) is 13.0. The van der Waals surface area contributed by atoms with Crippen LogP contribution in [0.25, 0.3) is 0 Å². The lowest BCUT2D eigenvalue weighted by Gasteiger charge is -2.12.